The fraction of sp³-hybridized carbons (Fsp3) is 0.500. The first-order valence-corrected chi connectivity index (χ1v) is 11.0. The summed E-state index contributed by atoms with van der Waals surface area (Å²) >= 11 is 6.43. The zero-order valence-corrected chi connectivity index (χ0v) is 17.8. The van der Waals surface area contributed by atoms with Crippen molar-refractivity contribution in [2.75, 3.05) is 13.2 Å². The first-order chi connectivity index (χ1) is 14.5. The largest absolute Gasteiger partial charge is 0.493 e. The second-order valence-corrected chi connectivity index (χ2v) is 8.95. The molecule has 5 nitrogen and oxygen atoms in total. The minimum Gasteiger partial charge on any atom is -0.493 e. The molecule has 1 heterocycles. The predicted octanol–water partition coefficient (Wildman–Crippen LogP) is 3.51. The van der Waals surface area contributed by atoms with E-state index in [0.29, 0.717) is 11.4 Å². The zero-order chi connectivity index (χ0) is 21.3. The van der Waals surface area contributed by atoms with Crippen molar-refractivity contribution >= 4 is 11.6 Å². The number of rotatable bonds is 7. The number of hydrogen-bond acceptors (Lipinski definition) is 5. The van der Waals surface area contributed by atoms with Gasteiger partial charge in [0, 0.05) is 10.9 Å². The molecule has 2 aromatic rings. The van der Waals surface area contributed by atoms with Crippen LogP contribution in [-0.4, -0.2) is 46.8 Å². The predicted molar refractivity (Wildman–Crippen MR) is 115 cm³/mol. The van der Waals surface area contributed by atoms with Gasteiger partial charge < -0.3 is 24.8 Å². The summed E-state index contributed by atoms with van der Waals surface area (Å²) in [5.74, 6) is 1.24. The third-order valence-corrected chi connectivity index (χ3v) is 6.55. The molecule has 0 spiro atoms. The average Bonchev–Trinajstić information content (AvgIpc) is 3.58. The molecule has 0 radical (unpaired) electrons. The molecule has 162 valence electrons. The van der Waals surface area contributed by atoms with Crippen LogP contribution in [0.1, 0.15) is 42.6 Å². The van der Waals surface area contributed by atoms with E-state index in [1.54, 1.807) is 19.1 Å². The number of ether oxygens (including phenoxy) is 2. The smallest absolute Gasteiger partial charge is 0.119 e. The Hall–Kier alpha value is -1.63. The van der Waals surface area contributed by atoms with E-state index >= 15 is 0 Å². The van der Waals surface area contributed by atoms with Gasteiger partial charge >= 0.3 is 0 Å². The number of aliphatic hydroxyl groups excluding tert-OH is 3. The quantitative estimate of drug-likeness (QED) is 0.624. The zero-order valence-electron chi connectivity index (χ0n) is 17.1. The van der Waals surface area contributed by atoms with Crippen LogP contribution in [-0.2, 0) is 11.2 Å². The molecule has 2 fully saturated rings. The molecule has 0 unspecified atom stereocenters. The van der Waals surface area contributed by atoms with E-state index in [1.165, 1.54) is 12.8 Å². The Morgan fingerprint density at radius 1 is 1.07 bits per heavy atom. The third kappa shape index (κ3) is 4.82. The van der Waals surface area contributed by atoms with Crippen LogP contribution >= 0.6 is 11.6 Å². The maximum absolute atomic E-state index is 10.5. The summed E-state index contributed by atoms with van der Waals surface area (Å²) in [4.78, 5) is 0. The molecule has 0 amide bonds. The Morgan fingerprint density at radius 3 is 2.47 bits per heavy atom. The topological polar surface area (TPSA) is 79.2 Å². The van der Waals surface area contributed by atoms with Crippen LogP contribution in [0.15, 0.2) is 42.5 Å². The number of hydrogen-bond donors (Lipinski definition) is 3. The van der Waals surface area contributed by atoms with Gasteiger partial charge in [-0.3, -0.25) is 0 Å². The van der Waals surface area contributed by atoms with Crippen molar-refractivity contribution in [1.82, 2.24) is 0 Å². The lowest BCUT2D eigenvalue weighted by molar-refractivity contribution is -0.207. The van der Waals surface area contributed by atoms with E-state index in [2.05, 4.69) is 0 Å². The summed E-state index contributed by atoms with van der Waals surface area (Å²) < 4.78 is 11.7. The van der Waals surface area contributed by atoms with Crippen molar-refractivity contribution in [3.8, 4) is 5.75 Å². The van der Waals surface area contributed by atoms with Crippen LogP contribution in [0.4, 0.5) is 0 Å². The van der Waals surface area contributed by atoms with Crippen molar-refractivity contribution < 1.29 is 24.8 Å². The van der Waals surface area contributed by atoms with Gasteiger partial charge in [-0.1, -0.05) is 42.8 Å². The number of benzene rings is 2. The van der Waals surface area contributed by atoms with Crippen LogP contribution in [0.5, 0.6) is 5.75 Å². The van der Waals surface area contributed by atoms with Crippen LogP contribution in [0, 0.1) is 11.8 Å². The highest BCUT2D eigenvalue weighted by atomic mass is 35.5. The van der Waals surface area contributed by atoms with Gasteiger partial charge in [-0.15, -0.1) is 0 Å². The fourth-order valence-corrected chi connectivity index (χ4v) is 4.10. The Balaban J connectivity index is 1.48. The summed E-state index contributed by atoms with van der Waals surface area (Å²) in [5, 5.41) is 31.1. The van der Waals surface area contributed by atoms with Gasteiger partial charge in [-0.2, -0.15) is 0 Å². The molecule has 1 saturated heterocycles. The lowest BCUT2D eigenvalue weighted by Gasteiger charge is -2.41. The first kappa shape index (κ1) is 21.6. The maximum Gasteiger partial charge on any atom is 0.119 e. The van der Waals surface area contributed by atoms with Gasteiger partial charge in [0.1, 0.15) is 18.0 Å². The van der Waals surface area contributed by atoms with Gasteiger partial charge in [0.25, 0.3) is 0 Å². The fourth-order valence-electron chi connectivity index (χ4n) is 3.92. The normalized spacial score (nSPS) is 29.0. The average molecular weight is 433 g/mol. The second kappa shape index (κ2) is 9.25. The van der Waals surface area contributed by atoms with E-state index in [0.717, 1.165) is 35.0 Å². The Bertz CT molecular complexity index is 849. The van der Waals surface area contributed by atoms with Gasteiger partial charge in [-0.05, 0) is 60.1 Å². The van der Waals surface area contributed by atoms with Crippen LogP contribution in [0.3, 0.4) is 0 Å². The van der Waals surface area contributed by atoms with Crippen LogP contribution in [0.25, 0.3) is 0 Å². The minimum absolute atomic E-state index is 0.211. The van der Waals surface area contributed by atoms with Crippen molar-refractivity contribution in [3.63, 3.8) is 0 Å². The van der Waals surface area contributed by atoms with E-state index in [1.807, 2.05) is 30.3 Å². The molecule has 30 heavy (non-hydrogen) atoms. The van der Waals surface area contributed by atoms with E-state index < -0.39 is 24.4 Å². The summed E-state index contributed by atoms with van der Waals surface area (Å²) in [7, 11) is 0. The van der Waals surface area contributed by atoms with Crippen LogP contribution < -0.4 is 4.74 Å². The van der Waals surface area contributed by atoms with E-state index in [9.17, 15) is 15.3 Å². The monoisotopic (exact) mass is 432 g/mol. The molecule has 3 N–H and O–H groups in total. The Morgan fingerprint density at radius 2 is 1.80 bits per heavy atom. The minimum atomic E-state index is -1.07. The van der Waals surface area contributed by atoms with Gasteiger partial charge in [0.15, 0.2) is 0 Å². The molecule has 2 aromatic carbocycles. The summed E-state index contributed by atoms with van der Waals surface area (Å²) in [6.07, 6.45) is -0.134. The molecule has 5 atom stereocenters. The molecular weight excluding hydrogens is 404 g/mol. The van der Waals surface area contributed by atoms with Crippen molar-refractivity contribution in [1.29, 1.82) is 0 Å². The molecule has 2 aliphatic rings. The van der Waals surface area contributed by atoms with E-state index in [-0.39, 0.29) is 12.5 Å². The molecule has 1 aliphatic heterocycles. The van der Waals surface area contributed by atoms with Gasteiger partial charge in [0.2, 0.25) is 0 Å². The van der Waals surface area contributed by atoms with Gasteiger partial charge in [-0.25, -0.2) is 0 Å². The molecule has 4 rings (SSSR count). The molecular formula is C24H29ClO5. The lowest BCUT2D eigenvalue weighted by Crippen LogP contribution is -2.50. The molecule has 1 saturated carbocycles. The second-order valence-electron chi connectivity index (χ2n) is 8.54. The van der Waals surface area contributed by atoms with Crippen LogP contribution in [0.2, 0.25) is 5.02 Å². The van der Waals surface area contributed by atoms with Crippen molar-refractivity contribution in [2.45, 2.75) is 50.6 Å². The SMILES string of the molecule is C[C@H]1[C@H](O)[C@@H](O)[C@H](c2ccc(Cl)c(Cc3ccc(OCC4CC4)cc3)c2)O[C@@H]1CO. The highest BCUT2D eigenvalue weighted by Gasteiger charge is 2.42. The standard InChI is InChI=1S/C24H29ClO5/c1-14-21(12-26)30-24(23(28)22(14)27)17-6-9-20(25)18(11-17)10-15-4-7-19(8-5-15)29-13-16-2-3-16/h4-9,11,14,16,21-24,26-28H,2-3,10,12-13H2,1H3/t14-,21-,22+,23-,24+/m1/s1. The lowest BCUT2D eigenvalue weighted by atomic mass is 9.85. The summed E-state index contributed by atoms with van der Waals surface area (Å²) in [5.41, 5.74) is 2.74. The molecule has 0 aromatic heterocycles. The van der Waals surface area contributed by atoms with E-state index in [4.69, 9.17) is 21.1 Å². The molecule has 0 bridgehead atoms. The number of aliphatic hydroxyl groups is 3. The maximum atomic E-state index is 10.5. The van der Waals surface area contributed by atoms with Crippen molar-refractivity contribution in [2.24, 2.45) is 11.8 Å². The molecule has 6 heteroatoms. The number of halogens is 1. The summed E-state index contributed by atoms with van der Waals surface area (Å²) in [6.45, 7) is 2.34. The third-order valence-electron chi connectivity index (χ3n) is 6.19. The van der Waals surface area contributed by atoms with Crippen molar-refractivity contribution in [3.05, 3.63) is 64.2 Å². The Kier molecular flexibility index (Phi) is 6.66. The first-order valence-electron chi connectivity index (χ1n) is 10.6. The summed E-state index contributed by atoms with van der Waals surface area (Å²) in [6, 6.07) is 13.5. The highest BCUT2D eigenvalue weighted by Crippen LogP contribution is 2.36. The van der Waals surface area contributed by atoms with Gasteiger partial charge in [0.05, 0.1) is 25.4 Å². The highest BCUT2D eigenvalue weighted by molar-refractivity contribution is 6.31. The molecule has 1 aliphatic carbocycles. The Labute approximate surface area is 182 Å².